The van der Waals surface area contributed by atoms with E-state index in [9.17, 15) is 28.1 Å². The molecule has 0 aliphatic carbocycles. The van der Waals surface area contributed by atoms with E-state index in [1.165, 1.54) is 6.20 Å². The lowest BCUT2D eigenvalue weighted by atomic mass is 10.1. The smallest absolute Gasteiger partial charge is 0.362 e. The maximum atomic E-state index is 13.0. The van der Waals surface area contributed by atoms with Gasteiger partial charge in [0.15, 0.2) is 0 Å². The number of nitrogens with zero attached hydrogens (tertiary/aromatic N) is 5. The number of halogens is 3. The number of hydrogen-bond donors (Lipinski definition) is 0. The molecule has 32 heavy (non-hydrogen) atoms. The van der Waals surface area contributed by atoms with E-state index in [1.807, 2.05) is 30.3 Å². The summed E-state index contributed by atoms with van der Waals surface area (Å²) in [7, 11) is 0. The Bertz CT molecular complexity index is 1140. The minimum absolute atomic E-state index is 0.101. The Morgan fingerprint density at radius 2 is 1.72 bits per heavy atom. The highest BCUT2D eigenvalue weighted by Crippen LogP contribution is 2.36. The highest BCUT2D eigenvalue weighted by molar-refractivity contribution is 5.93. The van der Waals surface area contributed by atoms with Crippen LogP contribution in [0.25, 0.3) is 5.69 Å². The zero-order valence-corrected chi connectivity index (χ0v) is 16.7. The Kier molecular flexibility index (Phi) is 5.56. The Hall–Kier alpha value is -3.89. The fourth-order valence-electron chi connectivity index (χ4n) is 3.67. The largest absolute Gasteiger partial charge is 0.416 e. The lowest BCUT2D eigenvalue weighted by Gasteiger charge is -2.35. The summed E-state index contributed by atoms with van der Waals surface area (Å²) < 4.78 is 40.5. The number of piperazine rings is 1. The number of carbonyl (C=O) groups excluding carboxylic acids is 1. The molecule has 0 radical (unpaired) electrons. The predicted molar refractivity (Wildman–Crippen MR) is 110 cm³/mol. The van der Waals surface area contributed by atoms with Gasteiger partial charge in [0.1, 0.15) is 11.4 Å². The number of carbonyl (C=O) groups is 1. The molecule has 1 saturated heterocycles. The fraction of sp³-hybridized carbons (Fsp3) is 0.238. The normalized spacial score (nSPS) is 14.5. The third kappa shape index (κ3) is 4.13. The first-order chi connectivity index (χ1) is 15.3. The van der Waals surface area contributed by atoms with Crippen LogP contribution in [0.3, 0.4) is 0 Å². The zero-order valence-electron chi connectivity index (χ0n) is 16.7. The molecular weight excluding hydrogens is 427 g/mol. The van der Waals surface area contributed by atoms with Crippen LogP contribution in [0.15, 0.2) is 61.1 Å². The minimum Gasteiger partial charge on any atom is -0.362 e. The summed E-state index contributed by atoms with van der Waals surface area (Å²) in [4.78, 5) is 30.9. The second kappa shape index (κ2) is 8.33. The Morgan fingerprint density at radius 1 is 1.03 bits per heavy atom. The van der Waals surface area contributed by atoms with Crippen molar-refractivity contribution in [1.82, 2.24) is 14.5 Å². The quantitative estimate of drug-likeness (QED) is 0.451. The van der Waals surface area contributed by atoms with Gasteiger partial charge in [-0.25, -0.2) is 4.98 Å². The van der Waals surface area contributed by atoms with Crippen LogP contribution in [-0.2, 0) is 6.18 Å². The number of para-hydroxylation sites is 1. The van der Waals surface area contributed by atoms with Gasteiger partial charge in [0.05, 0.1) is 23.0 Å². The average Bonchev–Trinajstić information content (AvgIpc) is 3.28. The monoisotopic (exact) mass is 445 g/mol. The van der Waals surface area contributed by atoms with E-state index in [0.29, 0.717) is 11.8 Å². The highest BCUT2D eigenvalue weighted by atomic mass is 19.4. The molecule has 8 nitrogen and oxygen atoms in total. The fourth-order valence-corrected chi connectivity index (χ4v) is 3.67. The number of hydrogen-bond acceptors (Lipinski definition) is 5. The van der Waals surface area contributed by atoms with Gasteiger partial charge >= 0.3 is 6.18 Å². The molecule has 1 aromatic heterocycles. The summed E-state index contributed by atoms with van der Waals surface area (Å²) in [6, 6.07) is 11.7. The van der Waals surface area contributed by atoms with Gasteiger partial charge in [-0.15, -0.1) is 0 Å². The van der Waals surface area contributed by atoms with Gasteiger partial charge in [-0.05, 0) is 24.3 Å². The molecule has 1 amide bonds. The van der Waals surface area contributed by atoms with Crippen molar-refractivity contribution in [2.75, 3.05) is 31.1 Å². The zero-order chi connectivity index (χ0) is 22.9. The molecule has 166 valence electrons. The van der Waals surface area contributed by atoms with Gasteiger partial charge < -0.3 is 9.80 Å². The van der Waals surface area contributed by atoms with Crippen molar-refractivity contribution >= 4 is 17.3 Å². The van der Waals surface area contributed by atoms with Crippen molar-refractivity contribution in [3.05, 3.63) is 82.4 Å². The molecule has 4 rings (SSSR count). The first kappa shape index (κ1) is 21.3. The molecular formula is C21H18F3N5O3. The second-order valence-electron chi connectivity index (χ2n) is 7.22. The lowest BCUT2D eigenvalue weighted by molar-refractivity contribution is -0.384. The molecule has 0 bridgehead atoms. The van der Waals surface area contributed by atoms with Crippen LogP contribution in [0.2, 0.25) is 0 Å². The lowest BCUT2D eigenvalue weighted by Crippen LogP contribution is -2.49. The predicted octanol–water partition coefficient (Wildman–Crippen LogP) is 3.76. The van der Waals surface area contributed by atoms with Crippen molar-refractivity contribution in [1.29, 1.82) is 0 Å². The Labute approximate surface area is 180 Å². The van der Waals surface area contributed by atoms with Crippen LogP contribution < -0.4 is 4.90 Å². The van der Waals surface area contributed by atoms with Gasteiger partial charge in [0.2, 0.25) is 0 Å². The summed E-state index contributed by atoms with van der Waals surface area (Å²) >= 11 is 0. The third-order valence-electron chi connectivity index (χ3n) is 5.30. The van der Waals surface area contributed by atoms with E-state index >= 15 is 0 Å². The summed E-state index contributed by atoms with van der Waals surface area (Å²) in [5, 5.41) is 11.4. The molecule has 0 unspecified atom stereocenters. The van der Waals surface area contributed by atoms with Crippen LogP contribution in [0, 0.1) is 10.1 Å². The molecule has 0 N–H and O–H groups in total. The summed E-state index contributed by atoms with van der Waals surface area (Å²) in [6.45, 7) is 1.02. The molecule has 1 fully saturated rings. The van der Waals surface area contributed by atoms with Crippen LogP contribution in [0.5, 0.6) is 0 Å². The number of amides is 1. The number of nitro benzene ring substituents is 1. The molecule has 0 atom stereocenters. The SMILES string of the molecule is O=C(c1cncn1-c1ccccc1)N1CCN(c2ccc(C(F)(F)F)cc2[N+](=O)[O-])CC1. The molecule has 11 heteroatoms. The van der Waals surface area contributed by atoms with Crippen molar-refractivity contribution in [2.24, 2.45) is 0 Å². The number of benzene rings is 2. The minimum atomic E-state index is -4.67. The maximum absolute atomic E-state index is 13.0. The topological polar surface area (TPSA) is 84.5 Å². The summed E-state index contributed by atoms with van der Waals surface area (Å²) in [5.74, 6) is -0.243. The number of imidazole rings is 1. The Balaban J connectivity index is 1.50. The Morgan fingerprint density at radius 3 is 2.34 bits per heavy atom. The highest BCUT2D eigenvalue weighted by Gasteiger charge is 2.34. The molecule has 1 aliphatic heterocycles. The van der Waals surface area contributed by atoms with Gasteiger partial charge in [-0.1, -0.05) is 18.2 Å². The molecule has 3 aromatic rings. The van der Waals surface area contributed by atoms with E-state index in [1.54, 1.807) is 20.7 Å². The van der Waals surface area contributed by atoms with Crippen LogP contribution in [0.1, 0.15) is 16.1 Å². The summed E-state index contributed by atoms with van der Waals surface area (Å²) in [5.41, 5.74) is -0.417. The molecule has 2 heterocycles. The number of nitro groups is 1. The molecule has 1 aliphatic rings. The first-order valence-electron chi connectivity index (χ1n) is 9.73. The van der Waals surface area contributed by atoms with Crippen molar-refractivity contribution in [3.8, 4) is 5.69 Å². The van der Waals surface area contributed by atoms with Crippen LogP contribution in [-0.4, -0.2) is 51.5 Å². The molecule has 2 aromatic carbocycles. The number of alkyl halides is 3. The van der Waals surface area contributed by atoms with E-state index in [4.69, 9.17) is 0 Å². The maximum Gasteiger partial charge on any atom is 0.416 e. The van der Waals surface area contributed by atoms with Gasteiger partial charge in [0, 0.05) is 37.9 Å². The van der Waals surface area contributed by atoms with Crippen LogP contribution >= 0.6 is 0 Å². The number of rotatable bonds is 4. The third-order valence-corrected chi connectivity index (χ3v) is 5.30. The van der Waals surface area contributed by atoms with Crippen molar-refractivity contribution < 1.29 is 22.9 Å². The van der Waals surface area contributed by atoms with Gasteiger partial charge in [0.25, 0.3) is 11.6 Å². The van der Waals surface area contributed by atoms with Crippen molar-refractivity contribution in [3.63, 3.8) is 0 Å². The van der Waals surface area contributed by atoms with Crippen LogP contribution in [0.4, 0.5) is 24.5 Å². The molecule has 0 spiro atoms. The van der Waals surface area contributed by atoms with E-state index in [2.05, 4.69) is 4.98 Å². The average molecular weight is 445 g/mol. The van der Waals surface area contributed by atoms with Gasteiger partial charge in [-0.3, -0.25) is 19.5 Å². The van der Waals surface area contributed by atoms with E-state index in [0.717, 1.165) is 17.8 Å². The van der Waals surface area contributed by atoms with E-state index < -0.39 is 22.4 Å². The van der Waals surface area contributed by atoms with Gasteiger partial charge in [-0.2, -0.15) is 13.2 Å². The second-order valence-corrected chi connectivity index (χ2v) is 7.22. The summed E-state index contributed by atoms with van der Waals surface area (Å²) in [6.07, 6.45) is -1.65. The van der Waals surface area contributed by atoms with Crippen molar-refractivity contribution in [2.45, 2.75) is 6.18 Å². The number of aromatic nitrogens is 2. The van der Waals surface area contributed by atoms with E-state index in [-0.39, 0.29) is 37.8 Å². The first-order valence-corrected chi connectivity index (χ1v) is 9.73. The number of anilines is 1. The standard InChI is InChI=1S/C21H18F3N5O3/c22-21(23,24)15-6-7-17(18(12-15)29(31)32)26-8-10-27(11-9-26)20(30)19-13-25-14-28(19)16-4-2-1-3-5-16/h1-7,12-14H,8-11H2. The molecule has 0 saturated carbocycles.